The van der Waals surface area contributed by atoms with Crippen molar-refractivity contribution in [3.63, 3.8) is 0 Å². The van der Waals surface area contributed by atoms with E-state index < -0.39 is 0 Å². The predicted octanol–water partition coefficient (Wildman–Crippen LogP) is 5.23. The quantitative estimate of drug-likeness (QED) is 0.512. The zero-order chi connectivity index (χ0) is 20.6. The summed E-state index contributed by atoms with van der Waals surface area (Å²) in [6.45, 7) is 10.0. The summed E-state index contributed by atoms with van der Waals surface area (Å²) in [6, 6.07) is 16.4. The minimum atomic E-state index is 0.340. The molecule has 1 N–H and O–H groups in total. The maximum Gasteiger partial charge on any atom is 0.162 e. The largest absolute Gasteiger partial charge is 0.497 e. The second-order valence-corrected chi connectivity index (χ2v) is 7.36. The lowest BCUT2D eigenvalue weighted by molar-refractivity contribution is 0.295. The number of nitrogens with zero attached hydrogens (tertiary/aromatic N) is 3. The van der Waals surface area contributed by atoms with Crippen molar-refractivity contribution in [1.29, 1.82) is 0 Å². The van der Waals surface area contributed by atoms with Crippen molar-refractivity contribution in [2.24, 2.45) is 0 Å². The van der Waals surface area contributed by atoms with E-state index in [-0.39, 0.29) is 0 Å². The number of nitrogens with one attached hydrogen (secondary N) is 1. The van der Waals surface area contributed by atoms with Gasteiger partial charge in [-0.1, -0.05) is 26.0 Å². The number of anilines is 1. The zero-order valence-electron chi connectivity index (χ0n) is 18.0. The number of methoxy groups -OCH3 is 1. The molecule has 0 amide bonds. The van der Waals surface area contributed by atoms with Gasteiger partial charge in [0.15, 0.2) is 5.82 Å². The van der Waals surface area contributed by atoms with Gasteiger partial charge in [-0.15, -0.1) is 0 Å². The lowest BCUT2D eigenvalue weighted by atomic mass is 10.1. The van der Waals surface area contributed by atoms with Crippen molar-refractivity contribution >= 4 is 16.7 Å². The molecule has 1 aromatic heterocycles. The average Bonchev–Trinajstić information content (AvgIpc) is 2.76. The summed E-state index contributed by atoms with van der Waals surface area (Å²) < 4.78 is 5.27. The molecule has 0 bridgehead atoms. The van der Waals surface area contributed by atoms with Gasteiger partial charge in [0.05, 0.1) is 12.6 Å². The van der Waals surface area contributed by atoms with Crippen LogP contribution in [0.1, 0.15) is 33.6 Å². The second kappa shape index (κ2) is 10.2. The molecular formula is C24H32N4O. The Morgan fingerprint density at radius 3 is 2.41 bits per heavy atom. The highest BCUT2D eigenvalue weighted by Crippen LogP contribution is 2.26. The van der Waals surface area contributed by atoms with E-state index in [9.17, 15) is 0 Å². The number of hydrogen-bond acceptors (Lipinski definition) is 5. The van der Waals surface area contributed by atoms with Crippen LogP contribution in [-0.4, -0.2) is 47.7 Å². The molecule has 5 heteroatoms. The molecule has 1 atom stereocenters. The van der Waals surface area contributed by atoms with E-state index in [1.54, 1.807) is 7.11 Å². The molecule has 3 rings (SSSR count). The Morgan fingerprint density at radius 2 is 1.72 bits per heavy atom. The van der Waals surface area contributed by atoms with Gasteiger partial charge in [-0.2, -0.15) is 0 Å². The Labute approximate surface area is 174 Å². The first kappa shape index (κ1) is 21.1. The van der Waals surface area contributed by atoms with Crippen LogP contribution in [0.4, 0.5) is 5.82 Å². The highest BCUT2D eigenvalue weighted by Gasteiger charge is 2.12. The first-order chi connectivity index (χ1) is 14.1. The molecule has 3 aromatic rings. The molecule has 0 aliphatic heterocycles. The van der Waals surface area contributed by atoms with Gasteiger partial charge in [-0.05, 0) is 75.8 Å². The van der Waals surface area contributed by atoms with Gasteiger partial charge in [0.25, 0.3) is 0 Å². The Hall–Kier alpha value is -2.66. The second-order valence-electron chi connectivity index (χ2n) is 7.36. The summed E-state index contributed by atoms with van der Waals surface area (Å²) in [5.41, 5.74) is 1.93. The first-order valence-electron chi connectivity index (χ1n) is 10.5. The van der Waals surface area contributed by atoms with Crippen LogP contribution in [0, 0.1) is 0 Å². The fraction of sp³-hybridized carbons (Fsp3) is 0.417. The van der Waals surface area contributed by atoms with E-state index in [2.05, 4.69) is 37.1 Å². The smallest absolute Gasteiger partial charge is 0.162 e. The molecule has 0 aliphatic carbocycles. The van der Waals surface area contributed by atoms with E-state index >= 15 is 0 Å². The summed E-state index contributed by atoms with van der Waals surface area (Å²) >= 11 is 0. The third-order valence-corrected chi connectivity index (χ3v) is 5.34. The molecule has 0 aliphatic rings. The molecule has 5 nitrogen and oxygen atoms in total. The van der Waals surface area contributed by atoms with Gasteiger partial charge >= 0.3 is 0 Å². The minimum Gasteiger partial charge on any atom is -0.497 e. The highest BCUT2D eigenvalue weighted by atomic mass is 16.5. The molecule has 0 radical (unpaired) electrons. The first-order valence-corrected chi connectivity index (χ1v) is 10.5. The minimum absolute atomic E-state index is 0.340. The number of benzene rings is 2. The normalized spacial score (nSPS) is 12.3. The number of hydrogen-bond donors (Lipinski definition) is 1. The van der Waals surface area contributed by atoms with Crippen LogP contribution in [-0.2, 0) is 0 Å². The van der Waals surface area contributed by atoms with Gasteiger partial charge < -0.3 is 15.0 Å². The molecule has 1 heterocycles. The monoisotopic (exact) mass is 392 g/mol. The molecule has 0 saturated heterocycles. The summed E-state index contributed by atoms with van der Waals surface area (Å²) in [5, 5.41) is 4.69. The lowest BCUT2D eigenvalue weighted by Gasteiger charge is -2.20. The van der Waals surface area contributed by atoms with Crippen LogP contribution < -0.4 is 10.1 Å². The van der Waals surface area contributed by atoms with Gasteiger partial charge in [-0.3, -0.25) is 0 Å². The van der Waals surface area contributed by atoms with Crippen LogP contribution in [0.5, 0.6) is 5.75 Å². The van der Waals surface area contributed by atoms with Crippen molar-refractivity contribution in [2.75, 3.05) is 32.1 Å². The Bertz CT molecular complexity index is 906. The van der Waals surface area contributed by atoms with Crippen molar-refractivity contribution in [1.82, 2.24) is 14.9 Å². The summed E-state index contributed by atoms with van der Waals surface area (Å²) in [7, 11) is 1.67. The third-order valence-electron chi connectivity index (χ3n) is 5.34. The number of para-hydroxylation sites is 1. The van der Waals surface area contributed by atoms with Crippen LogP contribution >= 0.6 is 0 Å². The van der Waals surface area contributed by atoms with Crippen LogP contribution in [0.3, 0.4) is 0 Å². The van der Waals surface area contributed by atoms with E-state index in [0.717, 1.165) is 59.9 Å². The maximum absolute atomic E-state index is 5.27. The summed E-state index contributed by atoms with van der Waals surface area (Å²) in [4.78, 5) is 12.1. The summed E-state index contributed by atoms with van der Waals surface area (Å²) in [5.74, 6) is 2.45. The van der Waals surface area contributed by atoms with Gasteiger partial charge in [-0.25, -0.2) is 9.97 Å². The Balaban J connectivity index is 1.80. The van der Waals surface area contributed by atoms with Gasteiger partial charge in [0.2, 0.25) is 0 Å². The van der Waals surface area contributed by atoms with Gasteiger partial charge in [0, 0.05) is 17.0 Å². The molecule has 0 fully saturated rings. The van der Waals surface area contributed by atoms with Gasteiger partial charge in [0.1, 0.15) is 11.6 Å². The van der Waals surface area contributed by atoms with E-state index in [1.807, 2.05) is 42.5 Å². The average molecular weight is 393 g/mol. The van der Waals surface area contributed by atoms with Crippen LogP contribution in [0.15, 0.2) is 48.5 Å². The van der Waals surface area contributed by atoms with Crippen LogP contribution in [0.2, 0.25) is 0 Å². The number of rotatable bonds is 10. The number of ether oxygens (including phenoxy) is 1. The SMILES string of the molecule is CCN(CC)CCCC(C)Nc1nc(-c2ccc(OC)cc2)nc2ccccc12. The Kier molecular flexibility index (Phi) is 7.42. The molecule has 0 spiro atoms. The Morgan fingerprint density at radius 1 is 1.00 bits per heavy atom. The van der Waals surface area contributed by atoms with Crippen LogP contribution in [0.25, 0.3) is 22.3 Å². The van der Waals surface area contributed by atoms with E-state index in [1.165, 1.54) is 6.42 Å². The molecule has 154 valence electrons. The molecule has 2 aromatic carbocycles. The number of aromatic nitrogens is 2. The molecule has 29 heavy (non-hydrogen) atoms. The topological polar surface area (TPSA) is 50.3 Å². The standard InChI is InChI=1S/C24H32N4O/c1-5-28(6-2)17-9-10-18(3)25-24-21-11-7-8-12-22(21)26-23(27-24)19-13-15-20(29-4)16-14-19/h7-8,11-16,18H,5-6,9-10,17H2,1-4H3,(H,25,26,27). The molecular weight excluding hydrogens is 360 g/mol. The fourth-order valence-electron chi connectivity index (χ4n) is 3.52. The third kappa shape index (κ3) is 5.45. The highest BCUT2D eigenvalue weighted by molar-refractivity contribution is 5.90. The molecule has 1 unspecified atom stereocenters. The molecule has 0 saturated carbocycles. The predicted molar refractivity (Wildman–Crippen MR) is 122 cm³/mol. The van der Waals surface area contributed by atoms with E-state index in [0.29, 0.717) is 6.04 Å². The van der Waals surface area contributed by atoms with Crippen molar-refractivity contribution in [3.8, 4) is 17.1 Å². The fourth-order valence-corrected chi connectivity index (χ4v) is 3.52. The van der Waals surface area contributed by atoms with E-state index in [4.69, 9.17) is 14.7 Å². The maximum atomic E-state index is 5.27. The van der Waals surface area contributed by atoms with Crippen molar-refractivity contribution < 1.29 is 4.74 Å². The van der Waals surface area contributed by atoms with Crippen molar-refractivity contribution in [3.05, 3.63) is 48.5 Å². The zero-order valence-corrected chi connectivity index (χ0v) is 18.0. The van der Waals surface area contributed by atoms with Crippen molar-refractivity contribution in [2.45, 2.75) is 39.7 Å². The summed E-state index contributed by atoms with van der Waals surface area (Å²) in [6.07, 6.45) is 2.27. The lowest BCUT2D eigenvalue weighted by Crippen LogP contribution is -2.25. The number of fused-ring (bicyclic) bond motifs is 1.